The van der Waals surface area contributed by atoms with E-state index in [1.165, 1.54) is 0 Å². The summed E-state index contributed by atoms with van der Waals surface area (Å²) >= 11 is 5.83. The molecule has 1 saturated heterocycles. The van der Waals surface area contributed by atoms with E-state index >= 15 is 0 Å². The van der Waals surface area contributed by atoms with E-state index < -0.39 is 0 Å². The molecule has 1 amide bonds. The van der Waals surface area contributed by atoms with Crippen LogP contribution in [0.15, 0.2) is 24.3 Å². The highest BCUT2D eigenvalue weighted by Crippen LogP contribution is 2.13. The number of hydrogen-bond donors (Lipinski definition) is 2. The fourth-order valence-electron chi connectivity index (χ4n) is 2.73. The first-order valence-corrected chi connectivity index (χ1v) is 8.66. The summed E-state index contributed by atoms with van der Waals surface area (Å²) in [7, 11) is 0. The van der Waals surface area contributed by atoms with Crippen molar-refractivity contribution in [2.45, 2.75) is 19.3 Å². The Kier molecular flexibility index (Phi) is 7.82. The van der Waals surface area contributed by atoms with Gasteiger partial charge in [-0.05, 0) is 50.1 Å². The molecule has 23 heavy (non-hydrogen) atoms. The van der Waals surface area contributed by atoms with Crippen LogP contribution in [0, 0.1) is 0 Å². The van der Waals surface area contributed by atoms with E-state index in [-0.39, 0.29) is 12.5 Å². The minimum Gasteiger partial charge on any atom is -0.396 e. The van der Waals surface area contributed by atoms with Crippen LogP contribution in [-0.2, 0) is 4.79 Å². The first-order valence-electron chi connectivity index (χ1n) is 8.28. The Morgan fingerprint density at radius 3 is 2.35 bits per heavy atom. The highest BCUT2D eigenvalue weighted by atomic mass is 35.5. The third-order valence-electron chi connectivity index (χ3n) is 4.09. The maximum Gasteiger partial charge on any atom is 0.238 e. The average Bonchev–Trinajstić information content (AvgIpc) is 2.55. The monoisotopic (exact) mass is 339 g/mol. The Hall–Kier alpha value is -1.14. The molecule has 5 nitrogen and oxygen atoms in total. The molecule has 0 aliphatic carbocycles. The van der Waals surface area contributed by atoms with E-state index in [2.05, 4.69) is 15.1 Å². The van der Waals surface area contributed by atoms with Gasteiger partial charge in [-0.2, -0.15) is 0 Å². The largest absolute Gasteiger partial charge is 0.396 e. The molecule has 2 rings (SSSR count). The van der Waals surface area contributed by atoms with Crippen LogP contribution in [0.2, 0.25) is 5.02 Å². The highest BCUT2D eigenvalue weighted by Gasteiger charge is 2.18. The number of nitrogens with one attached hydrogen (secondary N) is 1. The van der Waals surface area contributed by atoms with E-state index in [0.717, 1.165) is 57.7 Å². The summed E-state index contributed by atoms with van der Waals surface area (Å²) in [4.78, 5) is 16.7. The number of unbranched alkanes of at least 4 members (excludes halogenated alkanes) is 2. The molecule has 1 aliphatic rings. The third-order valence-corrected chi connectivity index (χ3v) is 4.34. The fraction of sp³-hybridized carbons (Fsp3) is 0.588. The number of carbonyl (C=O) groups excluding carboxylic acids is 1. The lowest BCUT2D eigenvalue weighted by atomic mass is 10.2. The average molecular weight is 340 g/mol. The van der Waals surface area contributed by atoms with Crippen LogP contribution in [0.25, 0.3) is 0 Å². The summed E-state index contributed by atoms with van der Waals surface area (Å²) in [6, 6.07) is 7.16. The Bertz CT molecular complexity index is 473. The fourth-order valence-corrected chi connectivity index (χ4v) is 2.86. The van der Waals surface area contributed by atoms with Gasteiger partial charge in [0.2, 0.25) is 5.91 Å². The third kappa shape index (κ3) is 6.87. The van der Waals surface area contributed by atoms with Crippen LogP contribution in [0.3, 0.4) is 0 Å². The van der Waals surface area contributed by atoms with Gasteiger partial charge in [-0.15, -0.1) is 0 Å². The molecule has 0 spiro atoms. The maximum absolute atomic E-state index is 12.1. The number of piperazine rings is 1. The van der Waals surface area contributed by atoms with Gasteiger partial charge in [-0.25, -0.2) is 0 Å². The number of amides is 1. The molecule has 0 bridgehead atoms. The van der Waals surface area contributed by atoms with Gasteiger partial charge < -0.3 is 15.3 Å². The van der Waals surface area contributed by atoms with Gasteiger partial charge in [0.1, 0.15) is 0 Å². The standard InChI is InChI=1S/C17H26ClN3O2/c18-15-4-6-16(7-5-15)19-17(23)14-21-11-9-20(10-12-21)8-2-1-3-13-22/h4-7,22H,1-3,8-14H2,(H,19,23). The Morgan fingerprint density at radius 1 is 1.04 bits per heavy atom. The number of aliphatic hydroxyl groups excluding tert-OH is 1. The molecular formula is C17H26ClN3O2. The molecule has 1 aromatic rings. The second kappa shape index (κ2) is 9.88. The predicted molar refractivity (Wildman–Crippen MR) is 93.9 cm³/mol. The van der Waals surface area contributed by atoms with Crippen molar-refractivity contribution < 1.29 is 9.90 Å². The number of hydrogen-bond acceptors (Lipinski definition) is 4. The van der Waals surface area contributed by atoms with E-state index in [1.807, 2.05) is 12.1 Å². The Morgan fingerprint density at radius 2 is 1.70 bits per heavy atom. The minimum absolute atomic E-state index is 0.0173. The number of anilines is 1. The predicted octanol–water partition coefficient (Wildman–Crippen LogP) is 2.06. The molecule has 0 radical (unpaired) electrons. The molecule has 6 heteroatoms. The molecule has 0 atom stereocenters. The zero-order valence-corrected chi connectivity index (χ0v) is 14.3. The van der Waals surface area contributed by atoms with Gasteiger partial charge in [-0.3, -0.25) is 9.69 Å². The van der Waals surface area contributed by atoms with E-state index in [0.29, 0.717) is 11.6 Å². The second-order valence-electron chi connectivity index (χ2n) is 5.96. The maximum atomic E-state index is 12.1. The Labute approximate surface area is 143 Å². The number of benzene rings is 1. The van der Waals surface area contributed by atoms with Crippen molar-refractivity contribution in [3.05, 3.63) is 29.3 Å². The number of halogens is 1. The van der Waals surface area contributed by atoms with Crippen molar-refractivity contribution in [1.82, 2.24) is 9.80 Å². The first-order chi connectivity index (χ1) is 11.2. The van der Waals surface area contributed by atoms with Gasteiger partial charge in [0, 0.05) is 43.5 Å². The van der Waals surface area contributed by atoms with E-state index in [1.54, 1.807) is 12.1 Å². The molecule has 0 unspecified atom stereocenters. The second-order valence-corrected chi connectivity index (χ2v) is 6.39. The molecular weight excluding hydrogens is 314 g/mol. The lowest BCUT2D eigenvalue weighted by Gasteiger charge is -2.34. The molecule has 1 fully saturated rings. The van der Waals surface area contributed by atoms with Gasteiger partial charge >= 0.3 is 0 Å². The van der Waals surface area contributed by atoms with Gasteiger partial charge in [0.25, 0.3) is 0 Å². The smallest absolute Gasteiger partial charge is 0.238 e. The van der Waals surface area contributed by atoms with Crippen molar-refractivity contribution in [2.75, 3.05) is 51.2 Å². The zero-order valence-electron chi connectivity index (χ0n) is 13.5. The van der Waals surface area contributed by atoms with Crippen LogP contribution in [-0.4, -0.2) is 66.7 Å². The molecule has 0 saturated carbocycles. The zero-order chi connectivity index (χ0) is 16.5. The van der Waals surface area contributed by atoms with Gasteiger partial charge in [0.05, 0.1) is 6.54 Å². The van der Waals surface area contributed by atoms with Gasteiger partial charge in [-0.1, -0.05) is 11.6 Å². The number of carbonyl (C=O) groups is 1. The lowest BCUT2D eigenvalue weighted by Crippen LogP contribution is -2.48. The molecule has 1 aromatic carbocycles. The molecule has 0 aromatic heterocycles. The van der Waals surface area contributed by atoms with Crippen molar-refractivity contribution >= 4 is 23.2 Å². The summed E-state index contributed by atoms with van der Waals surface area (Å²) in [6.07, 6.45) is 3.11. The van der Waals surface area contributed by atoms with E-state index in [4.69, 9.17) is 16.7 Å². The van der Waals surface area contributed by atoms with Crippen molar-refractivity contribution in [3.63, 3.8) is 0 Å². The van der Waals surface area contributed by atoms with Crippen LogP contribution >= 0.6 is 11.6 Å². The SMILES string of the molecule is O=C(CN1CCN(CCCCCO)CC1)Nc1ccc(Cl)cc1. The summed E-state index contributed by atoms with van der Waals surface area (Å²) < 4.78 is 0. The minimum atomic E-state index is 0.0173. The van der Waals surface area contributed by atoms with Crippen molar-refractivity contribution in [1.29, 1.82) is 0 Å². The van der Waals surface area contributed by atoms with Crippen molar-refractivity contribution in [3.8, 4) is 0 Å². The Balaban J connectivity index is 1.63. The number of aliphatic hydroxyl groups is 1. The highest BCUT2D eigenvalue weighted by molar-refractivity contribution is 6.30. The number of rotatable bonds is 8. The number of nitrogens with zero attached hydrogens (tertiary/aromatic N) is 2. The summed E-state index contributed by atoms with van der Waals surface area (Å²) in [5, 5.41) is 12.3. The molecule has 1 aliphatic heterocycles. The van der Waals surface area contributed by atoms with Crippen LogP contribution in [0.4, 0.5) is 5.69 Å². The normalized spacial score (nSPS) is 16.4. The van der Waals surface area contributed by atoms with E-state index in [9.17, 15) is 4.79 Å². The topological polar surface area (TPSA) is 55.8 Å². The van der Waals surface area contributed by atoms with Crippen LogP contribution in [0.5, 0.6) is 0 Å². The van der Waals surface area contributed by atoms with Gasteiger partial charge in [0.15, 0.2) is 0 Å². The van der Waals surface area contributed by atoms with Crippen LogP contribution in [0.1, 0.15) is 19.3 Å². The summed E-state index contributed by atoms with van der Waals surface area (Å²) in [5.74, 6) is 0.0173. The van der Waals surface area contributed by atoms with Crippen molar-refractivity contribution in [2.24, 2.45) is 0 Å². The summed E-state index contributed by atoms with van der Waals surface area (Å²) in [6.45, 7) is 5.67. The van der Waals surface area contributed by atoms with Crippen LogP contribution < -0.4 is 5.32 Å². The quantitative estimate of drug-likeness (QED) is 0.712. The first kappa shape index (κ1) is 18.2. The molecule has 1 heterocycles. The summed E-state index contributed by atoms with van der Waals surface area (Å²) in [5.41, 5.74) is 0.780. The lowest BCUT2D eigenvalue weighted by molar-refractivity contribution is -0.117. The molecule has 2 N–H and O–H groups in total. The molecule has 128 valence electrons.